The monoisotopic (exact) mass is 333 g/mol. The standard InChI is InChI=1S/C17H20BrNO/c1-12(2)19-11-14-7-8-15(18)10-17(14)20-16-6-4-5-13(3)9-16/h4-10,12,19H,11H2,1-3H3. The van der Waals surface area contributed by atoms with Crippen LogP contribution in [0.25, 0.3) is 0 Å². The largest absolute Gasteiger partial charge is 0.457 e. The number of nitrogens with one attached hydrogen (secondary N) is 1. The number of hydrogen-bond acceptors (Lipinski definition) is 2. The lowest BCUT2D eigenvalue weighted by molar-refractivity contribution is 0.469. The molecule has 1 N–H and O–H groups in total. The van der Waals surface area contributed by atoms with E-state index >= 15 is 0 Å². The number of aryl methyl sites for hydroxylation is 1. The van der Waals surface area contributed by atoms with Crippen LogP contribution in [0.2, 0.25) is 0 Å². The summed E-state index contributed by atoms with van der Waals surface area (Å²) < 4.78 is 7.06. The third-order valence-electron chi connectivity index (χ3n) is 2.95. The Labute approximate surface area is 129 Å². The topological polar surface area (TPSA) is 21.3 Å². The van der Waals surface area contributed by atoms with Crippen molar-refractivity contribution in [2.75, 3.05) is 0 Å². The van der Waals surface area contributed by atoms with E-state index < -0.39 is 0 Å². The molecule has 0 aliphatic carbocycles. The summed E-state index contributed by atoms with van der Waals surface area (Å²) in [4.78, 5) is 0. The fourth-order valence-corrected chi connectivity index (χ4v) is 2.23. The van der Waals surface area contributed by atoms with Crippen molar-refractivity contribution < 1.29 is 4.74 Å². The molecule has 0 amide bonds. The van der Waals surface area contributed by atoms with Crippen LogP contribution in [0.5, 0.6) is 11.5 Å². The van der Waals surface area contributed by atoms with Crippen molar-refractivity contribution >= 4 is 15.9 Å². The summed E-state index contributed by atoms with van der Waals surface area (Å²) in [7, 11) is 0. The second kappa shape index (κ2) is 6.91. The Morgan fingerprint density at radius 3 is 2.65 bits per heavy atom. The molecule has 2 aromatic carbocycles. The second-order valence-electron chi connectivity index (χ2n) is 5.21. The van der Waals surface area contributed by atoms with Crippen LogP contribution in [0.1, 0.15) is 25.0 Å². The van der Waals surface area contributed by atoms with Crippen LogP contribution in [0, 0.1) is 6.92 Å². The van der Waals surface area contributed by atoms with Gasteiger partial charge in [-0.25, -0.2) is 0 Å². The summed E-state index contributed by atoms with van der Waals surface area (Å²) in [5.41, 5.74) is 2.35. The quantitative estimate of drug-likeness (QED) is 0.826. The van der Waals surface area contributed by atoms with E-state index in [9.17, 15) is 0 Å². The van der Waals surface area contributed by atoms with Crippen LogP contribution in [-0.4, -0.2) is 6.04 Å². The zero-order chi connectivity index (χ0) is 14.5. The third-order valence-corrected chi connectivity index (χ3v) is 3.44. The highest BCUT2D eigenvalue weighted by Crippen LogP contribution is 2.29. The van der Waals surface area contributed by atoms with Crippen molar-refractivity contribution in [3.63, 3.8) is 0 Å². The molecule has 0 atom stereocenters. The Balaban J connectivity index is 2.22. The first kappa shape index (κ1) is 15.1. The number of hydrogen-bond donors (Lipinski definition) is 1. The lowest BCUT2D eigenvalue weighted by atomic mass is 10.2. The fraction of sp³-hybridized carbons (Fsp3) is 0.294. The molecule has 0 aliphatic rings. The van der Waals surface area contributed by atoms with E-state index in [0.717, 1.165) is 28.1 Å². The third kappa shape index (κ3) is 4.36. The SMILES string of the molecule is Cc1cccc(Oc2cc(Br)ccc2CNC(C)C)c1. The normalized spacial score (nSPS) is 10.8. The molecule has 0 saturated carbocycles. The lowest BCUT2D eigenvalue weighted by Crippen LogP contribution is -2.22. The highest BCUT2D eigenvalue weighted by Gasteiger charge is 2.07. The van der Waals surface area contributed by atoms with Crippen molar-refractivity contribution in [2.24, 2.45) is 0 Å². The first-order valence-corrected chi connectivity index (χ1v) is 7.60. The Morgan fingerprint density at radius 1 is 1.15 bits per heavy atom. The summed E-state index contributed by atoms with van der Waals surface area (Å²) in [5, 5.41) is 3.42. The van der Waals surface area contributed by atoms with Crippen molar-refractivity contribution in [3.8, 4) is 11.5 Å². The summed E-state index contributed by atoms with van der Waals surface area (Å²) in [6, 6.07) is 14.7. The van der Waals surface area contributed by atoms with Gasteiger partial charge in [-0.2, -0.15) is 0 Å². The minimum atomic E-state index is 0.450. The first-order chi connectivity index (χ1) is 9.54. The van der Waals surface area contributed by atoms with Crippen LogP contribution in [0.3, 0.4) is 0 Å². The Hall–Kier alpha value is -1.32. The summed E-state index contributed by atoms with van der Waals surface area (Å²) >= 11 is 3.50. The van der Waals surface area contributed by atoms with E-state index in [1.807, 2.05) is 30.3 Å². The van der Waals surface area contributed by atoms with Gasteiger partial charge in [-0.05, 0) is 36.8 Å². The molecule has 0 radical (unpaired) electrons. The van der Waals surface area contributed by atoms with Gasteiger partial charge in [0.2, 0.25) is 0 Å². The van der Waals surface area contributed by atoms with Gasteiger partial charge in [-0.1, -0.05) is 48.0 Å². The minimum absolute atomic E-state index is 0.450. The zero-order valence-corrected chi connectivity index (χ0v) is 13.7. The van der Waals surface area contributed by atoms with Gasteiger partial charge in [0.1, 0.15) is 11.5 Å². The molecule has 3 heteroatoms. The van der Waals surface area contributed by atoms with Gasteiger partial charge in [0.25, 0.3) is 0 Å². The maximum atomic E-state index is 6.03. The van der Waals surface area contributed by atoms with Crippen LogP contribution < -0.4 is 10.1 Å². The van der Waals surface area contributed by atoms with E-state index in [2.05, 4.69) is 54.2 Å². The number of benzene rings is 2. The van der Waals surface area contributed by atoms with Gasteiger partial charge in [0.15, 0.2) is 0 Å². The molecule has 0 aliphatic heterocycles. The second-order valence-corrected chi connectivity index (χ2v) is 6.12. The Kier molecular flexibility index (Phi) is 5.21. The van der Waals surface area contributed by atoms with E-state index in [1.54, 1.807) is 0 Å². The number of ether oxygens (including phenoxy) is 1. The van der Waals surface area contributed by atoms with Gasteiger partial charge >= 0.3 is 0 Å². The van der Waals surface area contributed by atoms with Gasteiger partial charge < -0.3 is 10.1 Å². The Bertz CT molecular complexity index is 581. The molecule has 106 valence electrons. The smallest absolute Gasteiger partial charge is 0.133 e. The molecule has 0 fully saturated rings. The summed E-state index contributed by atoms with van der Waals surface area (Å²) in [6.45, 7) is 7.14. The van der Waals surface area contributed by atoms with Crippen molar-refractivity contribution in [3.05, 3.63) is 58.1 Å². The maximum Gasteiger partial charge on any atom is 0.133 e. The average Bonchev–Trinajstić information content (AvgIpc) is 2.37. The molecular formula is C17H20BrNO. The summed E-state index contributed by atoms with van der Waals surface area (Å²) in [6.07, 6.45) is 0. The van der Waals surface area contributed by atoms with Crippen molar-refractivity contribution in [1.82, 2.24) is 5.32 Å². The molecule has 2 nitrogen and oxygen atoms in total. The summed E-state index contributed by atoms with van der Waals surface area (Å²) in [5.74, 6) is 1.76. The van der Waals surface area contributed by atoms with Gasteiger partial charge in [-0.15, -0.1) is 0 Å². The highest BCUT2D eigenvalue weighted by atomic mass is 79.9. The van der Waals surface area contributed by atoms with Gasteiger partial charge in [0, 0.05) is 22.6 Å². The highest BCUT2D eigenvalue weighted by molar-refractivity contribution is 9.10. The van der Waals surface area contributed by atoms with Crippen LogP contribution in [0.15, 0.2) is 46.9 Å². The molecule has 0 aromatic heterocycles. The molecule has 0 heterocycles. The molecular weight excluding hydrogens is 314 g/mol. The first-order valence-electron chi connectivity index (χ1n) is 6.81. The molecule has 0 spiro atoms. The van der Waals surface area contributed by atoms with E-state index in [1.165, 1.54) is 5.56 Å². The van der Waals surface area contributed by atoms with Crippen molar-refractivity contribution in [2.45, 2.75) is 33.4 Å². The molecule has 0 bridgehead atoms. The van der Waals surface area contributed by atoms with E-state index in [-0.39, 0.29) is 0 Å². The number of rotatable bonds is 5. The molecule has 2 aromatic rings. The van der Waals surface area contributed by atoms with Crippen LogP contribution in [0.4, 0.5) is 0 Å². The predicted molar refractivity (Wildman–Crippen MR) is 87.4 cm³/mol. The zero-order valence-electron chi connectivity index (χ0n) is 12.1. The Morgan fingerprint density at radius 2 is 1.95 bits per heavy atom. The average molecular weight is 334 g/mol. The molecule has 20 heavy (non-hydrogen) atoms. The molecule has 0 unspecified atom stereocenters. The minimum Gasteiger partial charge on any atom is -0.457 e. The van der Waals surface area contributed by atoms with E-state index in [0.29, 0.717) is 6.04 Å². The van der Waals surface area contributed by atoms with Gasteiger partial charge in [-0.3, -0.25) is 0 Å². The fourth-order valence-electron chi connectivity index (χ4n) is 1.89. The van der Waals surface area contributed by atoms with Gasteiger partial charge in [0.05, 0.1) is 0 Å². The molecule has 0 saturated heterocycles. The predicted octanol–water partition coefficient (Wildman–Crippen LogP) is 5.05. The lowest BCUT2D eigenvalue weighted by Gasteiger charge is -2.14. The van der Waals surface area contributed by atoms with E-state index in [4.69, 9.17) is 4.74 Å². The van der Waals surface area contributed by atoms with Crippen LogP contribution in [-0.2, 0) is 6.54 Å². The van der Waals surface area contributed by atoms with Crippen molar-refractivity contribution in [1.29, 1.82) is 0 Å². The maximum absolute atomic E-state index is 6.03. The van der Waals surface area contributed by atoms with Crippen LogP contribution >= 0.6 is 15.9 Å². The molecule has 2 rings (SSSR count). The number of halogens is 1.